The molecular weight excluding hydrogens is 278 g/mol. The van der Waals surface area contributed by atoms with Gasteiger partial charge in [-0.05, 0) is 30.7 Å². The van der Waals surface area contributed by atoms with Gasteiger partial charge in [-0.25, -0.2) is 0 Å². The molecule has 0 aliphatic rings. The molecule has 2 heterocycles. The highest BCUT2D eigenvalue weighted by atomic mass is 16.5. The maximum atomic E-state index is 5.42. The first-order valence-corrected chi connectivity index (χ1v) is 7.25. The van der Waals surface area contributed by atoms with Gasteiger partial charge in [0, 0.05) is 12.5 Å². The van der Waals surface area contributed by atoms with Gasteiger partial charge in [-0.3, -0.25) is 0 Å². The van der Waals surface area contributed by atoms with Crippen molar-refractivity contribution >= 4 is 11.5 Å². The van der Waals surface area contributed by atoms with E-state index in [0.717, 1.165) is 29.6 Å². The fraction of sp³-hybridized carbons (Fsp3) is 0.312. The molecule has 1 N–H and O–H groups in total. The minimum absolute atomic E-state index is 0.302. The molecule has 0 aliphatic heterocycles. The zero-order valence-electron chi connectivity index (χ0n) is 12.9. The molecule has 0 spiro atoms. The summed E-state index contributed by atoms with van der Waals surface area (Å²) in [4.78, 5) is 0. The van der Waals surface area contributed by atoms with Crippen LogP contribution in [-0.2, 0) is 0 Å². The van der Waals surface area contributed by atoms with Crippen molar-refractivity contribution in [3.8, 4) is 5.75 Å². The maximum Gasteiger partial charge on any atom is 0.178 e. The van der Waals surface area contributed by atoms with Crippen LogP contribution in [0.2, 0.25) is 0 Å². The number of anilines is 1. The van der Waals surface area contributed by atoms with Crippen molar-refractivity contribution in [1.82, 2.24) is 19.8 Å². The van der Waals surface area contributed by atoms with Crippen LogP contribution < -0.4 is 10.1 Å². The summed E-state index contributed by atoms with van der Waals surface area (Å²) in [7, 11) is 1.70. The Hall–Kier alpha value is -2.63. The van der Waals surface area contributed by atoms with Gasteiger partial charge in [0.1, 0.15) is 11.6 Å². The number of fused-ring (bicyclic) bond motifs is 1. The SMILES string of the molecule is COc1ccccc1C(C)CNc1ccc2nnc(C)n2n1. The zero-order chi connectivity index (χ0) is 15.5. The number of aromatic nitrogens is 4. The number of nitrogens with one attached hydrogen (secondary N) is 1. The fourth-order valence-electron chi connectivity index (χ4n) is 2.43. The number of ether oxygens (including phenoxy) is 1. The van der Waals surface area contributed by atoms with E-state index in [2.05, 4.69) is 33.6 Å². The monoisotopic (exact) mass is 297 g/mol. The van der Waals surface area contributed by atoms with Crippen LogP contribution in [0.3, 0.4) is 0 Å². The zero-order valence-corrected chi connectivity index (χ0v) is 12.9. The Balaban J connectivity index is 1.74. The van der Waals surface area contributed by atoms with Crippen LogP contribution in [0.4, 0.5) is 5.82 Å². The van der Waals surface area contributed by atoms with E-state index in [1.165, 1.54) is 5.56 Å². The minimum atomic E-state index is 0.302. The number of rotatable bonds is 5. The summed E-state index contributed by atoms with van der Waals surface area (Å²) in [5.74, 6) is 2.79. The Kier molecular flexibility index (Phi) is 3.91. The predicted molar refractivity (Wildman–Crippen MR) is 85.4 cm³/mol. The number of hydrogen-bond donors (Lipinski definition) is 1. The summed E-state index contributed by atoms with van der Waals surface area (Å²) < 4.78 is 7.15. The summed E-state index contributed by atoms with van der Waals surface area (Å²) in [6, 6.07) is 11.9. The molecule has 1 aromatic carbocycles. The second-order valence-corrected chi connectivity index (χ2v) is 5.26. The Bertz CT molecular complexity index is 783. The third kappa shape index (κ3) is 2.72. The molecule has 22 heavy (non-hydrogen) atoms. The number of nitrogens with zero attached hydrogens (tertiary/aromatic N) is 4. The number of hydrogen-bond acceptors (Lipinski definition) is 5. The molecule has 1 unspecified atom stereocenters. The molecule has 0 aliphatic carbocycles. The van der Waals surface area contributed by atoms with Gasteiger partial charge < -0.3 is 10.1 Å². The van der Waals surface area contributed by atoms with Crippen LogP contribution >= 0.6 is 0 Å². The summed E-state index contributed by atoms with van der Waals surface area (Å²) in [5, 5.41) is 15.9. The minimum Gasteiger partial charge on any atom is -0.496 e. The molecule has 0 fully saturated rings. The van der Waals surface area contributed by atoms with E-state index < -0.39 is 0 Å². The van der Waals surface area contributed by atoms with Gasteiger partial charge >= 0.3 is 0 Å². The van der Waals surface area contributed by atoms with Crippen LogP contribution in [0.15, 0.2) is 36.4 Å². The molecule has 114 valence electrons. The first-order valence-electron chi connectivity index (χ1n) is 7.25. The lowest BCUT2D eigenvalue weighted by atomic mass is 10.00. The van der Waals surface area contributed by atoms with Crippen LogP contribution in [0.25, 0.3) is 5.65 Å². The Labute approximate surface area is 129 Å². The molecule has 6 nitrogen and oxygen atoms in total. The van der Waals surface area contributed by atoms with Gasteiger partial charge in [-0.2, -0.15) is 4.52 Å². The molecule has 0 saturated heterocycles. The second-order valence-electron chi connectivity index (χ2n) is 5.26. The number of methoxy groups -OCH3 is 1. The molecule has 1 atom stereocenters. The summed E-state index contributed by atoms with van der Waals surface area (Å²) in [6.45, 7) is 4.81. The highest BCUT2D eigenvalue weighted by Gasteiger charge is 2.11. The number of aryl methyl sites for hydroxylation is 1. The van der Waals surface area contributed by atoms with Gasteiger partial charge in [0.05, 0.1) is 7.11 Å². The van der Waals surface area contributed by atoms with Crippen molar-refractivity contribution in [2.45, 2.75) is 19.8 Å². The van der Waals surface area contributed by atoms with Crippen molar-refractivity contribution in [2.75, 3.05) is 19.0 Å². The molecule has 0 bridgehead atoms. The summed E-state index contributed by atoms with van der Waals surface area (Å²) in [6.07, 6.45) is 0. The summed E-state index contributed by atoms with van der Waals surface area (Å²) >= 11 is 0. The lowest BCUT2D eigenvalue weighted by Gasteiger charge is -2.16. The highest BCUT2D eigenvalue weighted by molar-refractivity contribution is 5.44. The smallest absolute Gasteiger partial charge is 0.178 e. The average molecular weight is 297 g/mol. The predicted octanol–water partition coefficient (Wildman–Crippen LogP) is 2.66. The fourth-order valence-corrected chi connectivity index (χ4v) is 2.43. The van der Waals surface area contributed by atoms with Crippen molar-refractivity contribution in [1.29, 1.82) is 0 Å². The standard InChI is InChI=1S/C16H19N5O/c1-11(13-6-4-5-7-14(13)22-3)10-17-15-8-9-16-19-18-12(2)21(16)20-15/h4-9,11H,10H2,1-3H3,(H,17,20). The quantitative estimate of drug-likeness (QED) is 0.784. The topological polar surface area (TPSA) is 64.3 Å². The van der Waals surface area contributed by atoms with Crippen molar-refractivity contribution in [3.63, 3.8) is 0 Å². The second kappa shape index (κ2) is 6.01. The summed E-state index contributed by atoms with van der Waals surface area (Å²) in [5.41, 5.74) is 1.93. The van der Waals surface area contributed by atoms with Crippen molar-refractivity contribution < 1.29 is 4.74 Å². The van der Waals surface area contributed by atoms with Gasteiger partial charge in [0.15, 0.2) is 11.5 Å². The van der Waals surface area contributed by atoms with Crippen LogP contribution in [-0.4, -0.2) is 33.5 Å². The van der Waals surface area contributed by atoms with Crippen LogP contribution in [0.5, 0.6) is 5.75 Å². The van der Waals surface area contributed by atoms with E-state index in [4.69, 9.17) is 4.74 Å². The maximum absolute atomic E-state index is 5.42. The van der Waals surface area contributed by atoms with Crippen LogP contribution in [0.1, 0.15) is 24.2 Å². The van der Waals surface area contributed by atoms with Gasteiger partial charge in [0.2, 0.25) is 0 Å². The first kappa shape index (κ1) is 14.3. The molecular formula is C16H19N5O. The lowest BCUT2D eigenvalue weighted by molar-refractivity contribution is 0.407. The third-order valence-corrected chi connectivity index (χ3v) is 3.68. The van der Waals surface area contributed by atoms with Gasteiger partial charge in [0.25, 0.3) is 0 Å². The average Bonchev–Trinajstić information content (AvgIpc) is 2.93. The van der Waals surface area contributed by atoms with Gasteiger partial charge in [-0.1, -0.05) is 25.1 Å². The first-order chi connectivity index (χ1) is 10.7. The molecule has 6 heteroatoms. The largest absolute Gasteiger partial charge is 0.496 e. The molecule has 3 aromatic rings. The van der Waals surface area contributed by atoms with Crippen molar-refractivity contribution in [2.24, 2.45) is 0 Å². The molecule has 2 aromatic heterocycles. The van der Waals surface area contributed by atoms with E-state index >= 15 is 0 Å². The Morgan fingerprint density at radius 3 is 2.82 bits per heavy atom. The molecule has 0 saturated carbocycles. The third-order valence-electron chi connectivity index (χ3n) is 3.68. The van der Waals surface area contributed by atoms with E-state index in [9.17, 15) is 0 Å². The number of benzene rings is 1. The molecule has 0 amide bonds. The normalized spacial score (nSPS) is 12.3. The van der Waals surface area contributed by atoms with Crippen molar-refractivity contribution in [3.05, 3.63) is 47.8 Å². The molecule has 3 rings (SSSR count). The van der Waals surface area contributed by atoms with E-state index in [1.54, 1.807) is 11.6 Å². The lowest BCUT2D eigenvalue weighted by Crippen LogP contribution is -2.12. The highest BCUT2D eigenvalue weighted by Crippen LogP contribution is 2.26. The molecule has 0 radical (unpaired) electrons. The number of para-hydroxylation sites is 1. The Morgan fingerprint density at radius 1 is 1.18 bits per heavy atom. The van der Waals surface area contributed by atoms with E-state index in [1.807, 2.05) is 37.3 Å². The van der Waals surface area contributed by atoms with Gasteiger partial charge in [-0.15, -0.1) is 15.3 Å². The van der Waals surface area contributed by atoms with E-state index in [0.29, 0.717) is 5.92 Å². The van der Waals surface area contributed by atoms with E-state index in [-0.39, 0.29) is 0 Å². The Morgan fingerprint density at radius 2 is 2.00 bits per heavy atom. The van der Waals surface area contributed by atoms with Crippen LogP contribution in [0, 0.1) is 6.92 Å².